The second kappa shape index (κ2) is 4.75. The number of hydrogen-bond donors (Lipinski definition) is 1. The number of pyridine rings is 1. The number of nitrogens with zero attached hydrogens (tertiary/aromatic N) is 2. The molecule has 0 amide bonds. The smallest absolute Gasteiger partial charge is 0.180 e. The van der Waals surface area contributed by atoms with Crippen LogP contribution in [0.25, 0.3) is 5.65 Å². The van der Waals surface area contributed by atoms with E-state index in [0.29, 0.717) is 19.1 Å². The van der Waals surface area contributed by atoms with Crippen LogP contribution in [0, 0.1) is 0 Å². The highest BCUT2D eigenvalue weighted by molar-refractivity contribution is 5.56. The van der Waals surface area contributed by atoms with Crippen molar-refractivity contribution in [2.75, 3.05) is 6.61 Å². The largest absolute Gasteiger partial charge is 0.490 e. The van der Waals surface area contributed by atoms with Crippen molar-refractivity contribution in [3.63, 3.8) is 0 Å². The molecule has 0 unspecified atom stereocenters. The lowest BCUT2D eigenvalue weighted by Gasteiger charge is -2.05. The van der Waals surface area contributed by atoms with Crippen LogP contribution in [0.2, 0.25) is 0 Å². The second-order valence-corrected chi connectivity index (χ2v) is 4.30. The minimum Gasteiger partial charge on any atom is -0.490 e. The first kappa shape index (κ1) is 11.9. The summed E-state index contributed by atoms with van der Waals surface area (Å²) in [6.45, 7) is 7.36. The molecule has 2 heterocycles. The fourth-order valence-electron chi connectivity index (χ4n) is 2.04. The molecule has 0 aromatic carbocycles. The molecule has 0 radical (unpaired) electrons. The molecule has 2 rings (SSSR count). The first-order valence-electron chi connectivity index (χ1n) is 6.01. The van der Waals surface area contributed by atoms with Crippen LogP contribution in [-0.4, -0.2) is 16.0 Å². The van der Waals surface area contributed by atoms with Crippen molar-refractivity contribution < 1.29 is 4.74 Å². The predicted molar refractivity (Wildman–Crippen MR) is 68.3 cm³/mol. The van der Waals surface area contributed by atoms with Crippen molar-refractivity contribution in [3.8, 4) is 5.75 Å². The van der Waals surface area contributed by atoms with Crippen LogP contribution in [0.3, 0.4) is 0 Å². The summed E-state index contributed by atoms with van der Waals surface area (Å²) in [5, 5.41) is 0. The van der Waals surface area contributed by atoms with Crippen LogP contribution >= 0.6 is 0 Å². The topological polar surface area (TPSA) is 52.5 Å². The van der Waals surface area contributed by atoms with Crippen molar-refractivity contribution in [3.05, 3.63) is 29.7 Å². The summed E-state index contributed by atoms with van der Waals surface area (Å²) in [6.07, 6.45) is 1.99. The minimum atomic E-state index is 0.364. The number of fused-ring (bicyclic) bond motifs is 1. The lowest BCUT2D eigenvalue weighted by Crippen LogP contribution is -2.05. The summed E-state index contributed by atoms with van der Waals surface area (Å²) in [4.78, 5) is 4.66. The molecule has 0 fully saturated rings. The molecule has 0 aliphatic rings. The van der Waals surface area contributed by atoms with E-state index in [9.17, 15) is 0 Å². The predicted octanol–water partition coefficient (Wildman–Crippen LogP) is 2.32. The van der Waals surface area contributed by atoms with Gasteiger partial charge in [-0.05, 0) is 25.0 Å². The summed E-state index contributed by atoms with van der Waals surface area (Å²) in [7, 11) is 0. The lowest BCUT2D eigenvalue weighted by atomic mass is 10.1. The summed E-state index contributed by atoms with van der Waals surface area (Å²) in [5.41, 5.74) is 8.80. The van der Waals surface area contributed by atoms with Crippen LogP contribution in [-0.2, 0) is 6.54 Å². The van der Waals surface area contributed by atoms with Crippen molar-refractivity contribution in [1.29, 1.82) is 0 Å². The highest BCUT2D eigenvalue weighted by atomic mass is 16.5. The van der Waals surface area contributed by atoms with E-state index in [4.69, 9.17) is 10.5 Å². The summed E-state index contributed by atoms with van der Waals surface area (Å²) in [5.74, 6) is 1.18. The van der Waals surface area contributed by atoms with Gasteiger partial charge in [-0.3, -0.25) is 4.40 Å². The van der Waals surface area contributed by atoms with Crippen molar-refractivity contribution in [2.24, 2.45) is 5.73 Å². The van der Waals surface area contributed by atoms with Gasteiger partial charge in [0.1, 0.15) is 0 Å². The molecule has 2 aromatic rings. The quantitative estimate of drug-likeness (QED) is 0.881. The third-order valence-corrected chi connectivity index (χ3v) is 2.78. The fraction of sp³-hybridized carbons (Fsp3) is 0.462. The van der Waals surface area contributed by atoms with Gasteiger partial charge in [0.15, 0.2) is 11.4 Å². The third kappa shape index (κ3) is 2.00. The van der Waals surface area contributed by atoms with Gasteiger partial charge in [-0.1, -0.05) is 13.8 Å². The van der Waals surface area contributed by atoms with Gasteiger partial charge in [-0.2, -0.15) is 0 Å². The summed E-state index contributed by atoms with van der Waals surface area (Å²) in [6, 6.07) is 3.90. The van der Waals surface area contributed by atoms with Gasteiger partial charge in [-0.15, -0.1) is 0 Å². The Hall–Kier alpha value is -1.55. The SMILES string of the molecule is CCOc1cccn2c(CN)c(C(C)C)nc12. The third-order valence-electron chi connectivity index (χ3n) is 2.78. The zero-order valence-electron chi connectivity index (χ0n) is 10.6. The first-order chi connectivity index (χ1) is 8.19. The van der Waals surface area contributed by atoms with E-state index in [2.05, 4.69) is 18.8 Å². The average molecular weight is 233 g/mol. The number of ether oxygens (including phenoxy) is 1. The molecule has 0 aliphatic carbocycles. The minimum absolute atomic E-state index is 0.364. The Morgan fingerprint density at radius 1 is 1.47 bits per heavy atom. The lowest BCUT2D eigenvalue weighted by molar-refractivity contribution is 0.342. The average Bonchev–Trinajstić information content (AvgIpc) is 2.69. The van der Waals surface area contributed by atoms with Gasteiger partial charge in [0.05, 0.1) is 18.0 Å². The van der Waals surface area contributed by atoms with E-state index in [1.807, 2.05) is 29.7 Å². The Morgan fingerprint density at radius 2 is 2.24 bits per heavy atom. The number of imidazole rings is 1. The van der Waals surface area contributed by atoms with E-state index in [1.165, 1.54) is 0 Å². The zero-order valence-corrected chi connectivity index (χ0v) is 10.6. The van der Waals surface area contributed by atoms with Gasteiger partial charge in [0.25, 0.3) is 0 Å². The molecule has 4 nitrogen and oxygen atoms in total. The zero-order chi connectivity index (χ0) is 12.4. The van der Waals surface area contributed by atoms with Crippen molar-refractivity contribution in [1.82, 2.24) is 9.38 Å². The van der Waals surface area contributed by atoms with Crippen LogP contribution in [0.4, 0.5) is 0 Å². The molecule has 92 valence electrons. The number of aromatic nitrogens is 2. The van der Waals surface area contributed by atoms with Crippen molar-refractivity contribution >= 4 is 5.65 Å². The molecule has 2 N–H and O–H groups in total. The summed E-state index contributed by atoms with van der Waals surface area (Å²) < 4.78 is 7.62. The molecule has 0 atom stereocenters. The maximum Gasteiger partial charge on any atom is 0.180 e. The van der Waals surface area contributed by atoms with E-state index in [0.717, 1.165) is 22.8 Å². The molecule has 0 spiro atoms. The van der Waals surface area contributed by atoms with Gasteiger partial charge in [-0.25, -0.2) is 4.98 Å². The van der Waals surface area contributed by atoms with Gasteiger partial charge >= 0.3 is 0 Å². The summed E-state index contributed by atoms with van der Waals surface area (Å²) >= 11 is 0. The number of hydrogen-bond acceptors (Lipinski definition) is 3. The Bertz CT molecular complexity index is 517. The molecule has 4 heteroatoms. The molecule has 0 saturated carbocycles. The van der Waals surface area contributed by atoms with E-state index in [-0.39, 0.29) is 0 Å². The molecular formula is C13H19N3O. The Labute approximate surface area is 101 Å². The molecular weight excluding hydrogens is 214 g/mol. The molecule has 0 aliphatic heterocycles. The van der Waals surface area contributed by atoms with Gasteiger partial charge in [0, 0.05) is 12.7 Å². The second-order valence-electron chi connectivity index (χ2n) is 4.30. The maximum atomic E-state index is 5.82. The van der Waals surface area contributed by atoms with Crippen LogP contribution < -0.4 is 10.5 Å². The molecule has 2 aromatic heterocycles. The number of rotatable bonds is 4. The van der Waals surface area contributed by atoms with E-state index in [1.54, 1.807) is 0 Å². The molecule has 0 saturated heterocycles. The van der Waals surface area contributed by atoms with E-state index < -0.39 is 0 Å². The van der Waals surface area contributed by atoms with Crippen LogP contribution in [0.15, 0.2) is 18.3 Å². The Morgan fingerprint density at radius 3 is 2.82 bits per heavy atom. The standard InChI is InChI=1S/C13H19N3O/c1-4-17-11-6-5-7-16-10(8-14)12(9(2)3)15-13(11)16/h5-7,9H,4,8,14H2,1-3H3. The van der Waals surface area contributed by atoms with Gasteiger partial charge in [0.2, 0.25) is 0 Å². The Balaban J connectivity index is 2.67. The molecule has 17 heavy (non-hydrogen) atoms. The first-order valence-corrected chi connectivity index (χ1v) is 6.01. The van der Waals surface area contributed by atoms with Gasteiger partial charge < -0.3 is 10.5 Å². The highest BCUT2D eigenvalue weighted by Crippen LogP contribution is 2.25. The monoisotopic (exact) mass is 233 g/mol. The Kier molecular flexibility index (Phi) is 3.33. The maximum absolute atomic E-state index is 5.82. The fourth-order valence-corrected chi connectivity index (χ4v) is 2.04. The normalized spacial score (nSPS) is 11.4. The van der Waals surface area contributed by atoms with E-state index >= 15 is 0 Å². The number of nitrogens with two attached hydrogens (primary N) is 1. The van der Waals surface area contributed by atoms with Crippen LogP contribution in [0.5, 0.6) is 5.75 Å². The van der Waals surface area contributed by atoms with Crippen molar-refractivity contribution in [2.45, 2.75) is 33.2 Å². The highest BCUT2D eigenvalue weighted by Gasteiger charge is 2.16. The molecule has 0 bridgehead atoms. The van der Waals surface area contributed by atoms with Crippen LogP contribution in [0.1, 0.15) is 38.1 Å².